The summed E-state index contributed by atoms with van der Waals surface area (Å²) in [5.74, 6) is -3.55. The molecular formula is C34H65NO6. The van der Waals surface area contributed by atoms with Gasteiger partial charge in [-0.3, -0.25) is 4.48 Å². The second-order valence-electron chi connectivity index (χ2n) is 12.3. The number of carboxylic acids is 3. The summed E-state index contributed by atoms with van der Waals surface area (Å²) in [5.41, 5.74) is 0. The van der Waals surface area contributed by atoms with Crippen LogP contribution in [0, 0.1) is 0 Å². The van der Waals surface area contributed by atoms with Gasteiger partial charge >= 0.3 is 11.9 Å². The maximum Gasteiger partial charge on any atom is 0.362 e. The van der Waals surface area contributed by atoms with E-state index in [4.69, 9.17) is 0 Å². The molecule has 3 atom stereocenters. The van der Waals surface area contributed by atoms with Crippen LogP contribution in [-0.2, 0) is 14.4 Å². The van der Waals surface area contributed by atoms with Crippen LogP contribution in [0.1, 0.15) is 175 Å². The predicted octanol–water partition coefficient (Wildman–Crippen LogP) is 7.88. The zero-order valence-corrected chi connectivity index (χ0v) is 27.2. The van der Waals surface area contributed by atoms with Crippen LogP contribution < -0.4 is 5.11 Å². The summed E-state index contributed by atoms with van der Waals surface area (Å²) in [6.45, 7) is 8.08. The molecule has 0 saturated heterocycles. The van der Waals surface area contributed by atoms with E-state index in [2.05, 4.69) is 6.92 Å². The van der Waals surface area contributed by atoms with Crippen molar-refractivity contribution < 1.29 is 34.2 Å². The van der Waals surface area contributed by atoms with Crippen molar-refractivity contribution in [3.8, 4) is 0 Å². The average Bonchev–Trinajstić information content (AvgIpc) is 2.93. The molecule has 0 radical (unpaired) electrons. The third-order valence-corrected chi connectivity index (χ3v) is 8.92. The Balaban J connectivity index is 4.94. The van der Waals surface area contributed by atoms with E-state index in [-0.39, 0.29) is 25.8 Å². The van der Waals surface area contributed by atoms with Crippen LogP contribution in [0.5, 0.6) is 0 Å². The van der Waals surface area contributed by atoms with Crippen LogP contribution >= 0.6 is 0 Å². The van der Waals surface area contributed by atoms with Gasteiger partial charge in [-0.25, -0.2) is 9.59 Å². The highest BCUT2D eigenvalue weighted by atomic mass is 16.4. The first kappa shape index (κ1) is 39.4. The molecule has 7 nitrogen and oxygen atoms in total. The zero-order valence-electron chi connectivity index (χ0n) is 27.2. The molecule has 0 aliphatic carbocycles. The van der Waals surface area contributed by atoms with Gasteiger partial charge < -0.3 is 20.1 Å². The number of hydrogen-bond acceptors (Lipinski definition) is 4. The summed E-state index contributed by atoms with van der Waals surface area (Å²) in [5, 5.41) is 33.0. The normalized spacial score (nSPS) is 15.2. The van der Waals surface area contributed by atoms with Crippen molar-refractivity contribution in [3.63, 3.8) is 0 Å². The van der Waals surface area contributed by atoms with Gasteiger partial charge in [-0.1, -0.05) is 130 Å². The number of nitrogens with zero attached hydrogens (tertiary/aromatic N) is 1. The number of quaternary nitrogens is 1. The van der Waals surface area contributed by atoms with E-state index in [9.17, 15) is 29.7 Å². The summed E-state index contributed by atoms with van der Waals surface area (Å²) in [7, 11) is 0. The van der Waals surface area contributed by atoms with Gasteiger partial charge in [0.2, 0.25) is 0 Å². The summed E-state index contributed by atoms with van der Waals surface area (Å²) < 4.78 is -0.429. The molecule has 242 valence electrons. The molecule has 0 heterocycles. The van der Waals surface area contributed by atoms with Gasteiger partial charge in [-0.15, -0.1) is 0 Å². The molecule has 0 aliphatic heterocycles. The van der Waals surface area contributed by atoms with E-state index in [0.717, 1.165) is 19.3 Å². The number of hydrogen-bond donors (Lipinski definition) is 2. The van der Waals surface area contributed by atoms with Crippen molar-refractivity contribution in [3.05, 3.63) is 0 Å². The molecule has 3 unspecified atom stereocenters. The number of carboxylic acid groups (broad SMARTS) is 3. The minimum atomic E-state index is -1.33. The van der Waals surface area contributed by atoms with E-state index in [0.29, 0.717) is 25.7 Å². The molecule has 0 fully saturated rings. The van der Waals surface area contributed by atoms with Crippen LogP contribution in [0.3, 0.4) is 0 Å². The van der Waals surface area contributed by atoms with E-state index >= 15 is 0 Å². The lowest BCUT2D eigenvalue weighted by atomic mass is 9.91. The number of aliphatic carboxylic acids is 3. The minimum absolute atomic E-state index is 0.211. The number of carbonyl (C=O) groups is 3. The summed E-state index contributed by atoms with van der Waals surface area (Å²) >= 11 is 0. The lowest BCUT2D eigenvalue weighted by molar-refractivity contribution is -0.975. The van der Waals surface area contributed by atoms with Gasteiger partial charge in [-0.05, 0) is 25.7 Å². The highest BCUT2D eigenvalue weighted by molar-refractivity contribution is 5.77. The van der Waals surface area contributed by atoms with Crippen LogP contribution in [0.2, 0.25) is 0 Å². The van der Waals surface area contributed by atoms with Gasteiger partial charge in [0.05, 0.1) is 12.5 Å². The number of unbranched alkanes of at least 4 members (excludes halogenated alkanes) is 16. The Labute approximate surface area is 252 Å². The Morgan fingerprint density at radius 2 is 0.780 bits per heavy atom. The van der Waals surface area contributed by atoms with Gasteiger partial charge in [0.1, 0.15) is 6.04 Å². The Hall–Kier alpha value is -1.63. The predicted molar refractivity (Wildman–Crippen MR) is 166 cm³/mol. The molecular weight excluding hydrogens is 518 g/mol. The Morgan fingerprint density at radius 3 is 1.05 bits per heavy atom. The van der Waals surface area contributed by atoms with Crippen LogP contribution in [-0.4, -0.2) is 57.3 Å². The largest absolute Gasteiger partial charge is 0.544 e. The molecule has 0 aromatic rings. The van der Waals surface area contributed by atoms with E-state index < -0.39 is 40.5 Å². The SMILES string of the molecule is CCCCCCCCCCCCCCCCCCC[N+](C(CCC)C(=O)[O-])(C(CCC)C(=O)O)C(CCC)C(=O)O. The van der Waals surface area contributed by atoms with Gasteiger partial charge in [0.25, 0.3) is 0 Å². The van der Waals surface area contributed by atoms with E-state index in [1.54, 1.807) is 0 Å². The van der Waals surface area contributed by atoms with Crippen molar-refractivity contribution in [1.29, 1.82) is 0 Å². The second kappa shape index (κ2) is 24.9. The van der Waals surface area contributed by atoms with E-state index in [1.807, 2.05) is 20.8 Å². The maximum absolute atomic E-state index is 12.6. The summed E-state index contributed by atoms with van der Waals surface area (Å²) in [4.78, 5) is 37.6. The fourth-order valence-corrected chi connectivity index (χ4v) is 6.74. The molecule has 0 aromatic carbocycles. The van der Waals surface area contributed by atoms with Crippen LogP contribution in [0.25, 0.3) is 0 Å². The number of carbonyl (C=O) groups excluding carboxylic acids is 1. The zero-order chi connectivity index (χ0) is 30.9. The van der Waals surface area contributed by atoms with E-state index in [1.165, 1.54) is 83.5 Å². The first-order valence-electron chi connectivity index (χ1n) is 17.3. The fourth-order valence-electron chi connectivity index (χ4n) is 6.74. The molecule has 41 heavy (non-hydrogen) atoms. The van der Waals surface area contributed by atoms with Crippen molar-refractivity contribution >= 4 is 17.9 Å². The highest BCUT2D eigenvalue weighted by Gasteiger charge is 2.54. The lowest BCUT2D eigenvalue weighted by Crippen LogP contribution is -2.74. The molecule has 0 aromatic heterocycles. The Bertz CT molecular complexity index is 622. The summed E-state index contributed by atoms with van der Waals surface area (Å²) in [6, 6.07) is -3.31. The maximum atomic E-state index is 12.6. The topological polar surface area (TPSA) is 115 Å². The first-order valence-corrected chi connectivity index (χ1v) is 17.3. The lowest BCUT2D eigenvalue weighted by Gasteiger charge is -2.52. The van der Waals surface area contributed by atoms with Crippen molar-refractivity contribution in [2.75, 3.05) is 6.54 Å². The summed E-state index contributed by atoms with van der Waals surface area (Å²) in [6.07, 6.45) is 23.1. The third-order valence-electron chi connectivity index (χ3n) is 8.92. The standard InChI is InChI=1S/C34H65NO6/c1-5-9-10-11-12-13-14-15-16-17-18-19-20-21-22-23-24-28-35(29(25-6-2)32(36)37,30(26-7-3)33(38)39)31(27-8-4)34(40)41/h29-31H,5-28H2,1-4H3,(H2-,36,37,38,39,40,41). The highest BCUT2D eigenvalue weighted by Crippen LogP contribution is 2.34. The average molecular weight is 584 g/mol. The first-order chi connectivity index (χ1) is 19.7. The second-order valence-corrected chi connectivity index (χ2v) is 12.3. The molecule has 0 amide bonds. The van der Waals surface area contributed by atoms with Crippen LogP contribution in [0.4, 0.5) is 0 Å². The molecule has 0 saturated carbocycles. The third kappa shape index (κ3) is 15.4. The molecule has 0 bridgehead atoms. The monoisotopic (exact) mass is 583 g/mol. The Kier molecular flexibility index (Phi) is 23.9. The quantitative estimate of drug-likeness (QED) is 0.0656. The molecule has 0 rings (SSSR count). The minimum Gasteiger partial charge on any atom is -0.544 e. The van der Waals surface area contributed by atoms with Crippen LogP contribution in [0.15, 0.2) is 0 Å². The molecule has 0 aliphatic rings. The molecule has 7 heteroatoms. The van der Waals surface area contributed by atoms with Gasteiger partial charge in [0, 0.05) is 19.3 Å². The van der Waals surface area contributed by atoms with Crippen molar-refractivity contribution in [2.24, 2.45) is 0 Å². The van der Waals surface area contributed by atoms with Gasteiger partial charge in [0.15, 0.2) is 12.1 Å². The number of rotatable bonds is 30. The van der Waals surface area contributed by atoms with Gasteiger partial charge in [-0.2, -0.15) is 0 Å². The Morgan fingerprint density at radius 1 is 0.488 bits per heavy atom. The fraction of sp³-hybridized carbons (Fsp3) is 0.912. The van der Waals surface area contributed by atoms with Crippen molar-refractivity contribution in [1.82, 2.24) is 0 Å². The molecule has 0 spiro atoms. The van der Waals surface area contributed by atoms with Crippen molar-refractivity contribution in [2.45, 2.75) is 193 Å². The molecule has 2 N–H and O–H groups in total. The smallest absolute Gasteiger partial charge is 0.362 e.